The van der Waals surface area contributed by atoms with Gasteiger partial charge in [0.15, 0.2) is 0 Å². The molecule has 1 aliphatic rings. The van der Waals surface area contributed by atoms with Crippen LogP contribution < -0.4 is 5.32 Å². The molecule has 98 valence electrons. The van der Waals surface area contributed by atoms with Crippen molar-refractivity contribution >= 4 is 0 Å². The minimum Gasteiger partial charge on any atom is -0.315 e. The first-order chi connectivity index (χ1) is 9.26. The molecule has 1 aliphatic heterocycles. The Balaban J connectivity index is 1.76. The largest absolute Gasteiger partial charge is 0.315 e. The van der Waals surface area contributed by atoms with Gasteiger partial charge in [0.25, 0.3) is 0 Å². The van der Waals surface area contributed by atoms with Gasteiger partial charge in [-0.2, -0.15) is 0 Å². The first kappa shape index (κ1) is 12.4. The minimum atomic E-state index is 0.412. The van der Waals surface area contributed by atoms with Crippen molar-refractivity contribution in [1.29, 1.82) is 0 Å². The van der Waals surface area contributed by atoms with E-state index in [9.17, 15) is 0 Å². The molecule has 1 N–H and O–H groups in total. The number of rotatable bonds is 4. The van der Waals surface area contributed by atoms with E-state index < -0.39 is 0 Å². The molecule has 2 aromatic rings. The van der Waals surface area contributed by atoms with Crippen LogP contribution in [0, 0.1) is 12.3 Å². The first-order valence-electron chi connectivity index (χ1n) is 7.06. The summed E-state index contributed by atoms with van der Waals surface area (Å²) in [7, 11) is 0. The molecule has 0 radical (unpaired) electrons. The summed E-state index contributed by atoms with van der Waals surface area (Å²) in [5.74, 6) is 0. The molecule has 1 saturated heterocycles. The number of hydrogen-bond donors (Lipinski definition) is 1. The van der Waals surface area contributed by atoms with Crippen LogP contribution in [0.1, 0.15) is 16.7 Å². The Morgan fingerprint density at radius 1 is 0.895 bits per heavy atom. The summed E-state index contributed by atoms with van der Waals surface area (Å²) < 4.78 is 0. The third kappa shape index (κ3) is 2.87. The van der Waals surface area contributed by atoms with Gasteiger partial charge in [0.05, 0.1) is 0 Å². The molecular weight excluding hydrogens is 230 g/mol. The lowest BCUT2D eigenvalue weighted by atomic mass is 9.72. The van der Waals surface area contributed by atoms with Crippen LogP contribution in [0.4, 0.5) is 0 Å². The van der Waals surface area contributed by atoms with Gasteiger partial charge in [0.1, 0.15) is 0 Å². The summed E-state index contributed by atoms with van der Waals surface area (Å²) in [6.07, 6.45) is 2.35. The molecule has 0 atom stereocenters. The Bertz CT molecular complexity index is 541. The zero-order chi connectivity index (χ0) is 13.1. The van der Waals surface area contributed by atoms with Crippen molar-refractivity contribution in [3.8, 4) is 0 Å². The van der Waals surface area contributed by atoms with E-state index in [2.05, 4.69) is 66.8 Å². The van der Waals surface area contributed by atoms with Crippen molar-refractivity contribution in [3.05, 3.63) is 71.3 Å². The Morgan fingerprint density at radius 2 is 1.58 bits per heavy atom. The molecule has 1 nitrogen and oxygen atoms in total. The molecule has 0 bridgehead atoms. The van der Waals surface area contributed by atoms with E-state index in [1.165, 1.54) is 29.5 Å². The maximum absolute atomic E-state index is 3.46. The van der Waals surface area contributed by atoms with Gasteiger partial charge in [0.2, 0.25) is 0 Å². The molecule has 1 heteroatoms. The minimum absolute atomic E-state index is 0.412. The Morgan fingerprint density at radius 3 is 2.21 bits per heavy atom. The third-order valence-electron chi connectivity index (χ3n) is 4.08. The van der Waals surface area contributed by atoms with E-state index in [0.29, 0.717) is 5.41 Å². The van der Waals surface area contributed by atoms with Gasteiger partial charge >= 0.3 is 0 Å². The molecule has 0 amide bonds. The van der Waals surface area contributed by atoms with E-state index in [4.69, 9.17) is 0 Å². The van der Waals surface area contributed by atoms with Crippen molar-refractivity contribution in [2.75, 3.05) is 13.1 Å². The highest BCUT2D eigenvalue weighted by Crippen LogP contribution is 2.32. The lowest BCUT2D eigenvalue weighted by molar-refractivity contribution is 0.166. The highest BCUT2D eigenvalue weighted by molar-refractivity contribution is 5.26. The van der Waals surface area contributed by atoms with E-state index in [1.54, 1.807) is 0 Å². The average molecular weight is 251 g/mol. The lowest BCUT2D eigenvalue weighted by Gasteiger charge is -2.43. The molecule has 1 fully saturated rings. The van der Waals surface area contributed by atoms with Gasteiger partial charge < -0.3 is 5.32 Å². The standard InChI is InChI=1S/C18H21N/c1-15-6-5-9-17(10-15)12-18(13-19-14-18)11-16-7-3-2-4-8-16/h2-10,19H,11-14H2,1H3. The smallest absolute Gasteiger partial charge is 0.00331 e. The van der Waals surface area contributed by atoms with Gasteiger partial charge in [-0.15, -0.1) is 0 Å². The number of aryl methyl sites for hydroxylation is 1. The zero-order valence-electron chi connectivity index (χ0n) is 11.5. The van der Waals surface area contributed by atoms with E-state index in [-0.39, 0.29) is 0 Å². The number of nitrogens with one attached hydrogen (secondary N) is 1. The molecule has 0 spiro atoms. The van der Waals surface area contributed by atoms with Gasteiger partial charge in [-0.05, 0) is 30.9 Å². The van der Waals surface area contributed by atoms with Crippen molar-refractivity contribution in [2.45, 2.75) is 19.8 Å². The molecule has 0 saturated carbocycles. The van der Waals surface area contributed by atoms with Gasteiger partial charge in [-0.1, -0.05) is 60.2 Å². The highest BCUT2D eigenvalue weighted by atomic mass is 15.0. The molecule has 19 heavy (non-hydrogen) atoms. The number of benzene rings is 2. The second-order valence-electron chi connectivity index (χ2n) is 5.93. The van der Waals surface area contributed by atoms with Crippen LogP contribution in [0.15, 0.2) is 54.6 Å². The molecule has 1 heterocycles. The second kappa shape index (κ2) is 5.18. The van der Waals surface area contributed by atoms with Crippen LogP contribution in [-0.2, 0) is 12.8 Å². The normalized spacial score (nSPS) is 16.9. The molecule has 0 aromatic heterocycles. The van der Waals surface area contributed by atoms with Crippen LogP contribution in [0.3, 0.4) is 0 Å². The predicted molar refractivity (Wildman–Crippen MR) is 80.3 cm³/mol. The van der Waals surface area contributed by atoms with Gasteiger partial charge in [-0.25, -0.2) is 0 Å². The van der Waals surface area contributed by atoms with E-state index >= 15 is 0 Å². The molecule has 0 unspecified atom stereocenters. The fourth-order valence-corrected chi connectivity index (χ4v) is 3.08. The maximum atomic E-state index is 3.46. The quantitative estimate of drug-likeness (QED) is 0.878. The molecule has 0 aliphatic carbocycles. The van der Waals surface area contributed by atoms with E-state index in [1.807, 2.05) is 0 Å². The SMILES string of the molecule is Cc1cccc(CC2(Cc3ccccc3)CNC2)c1. The third-order valence-corrected chi connectivity index (χ3v) is 4.08. The van der Waals surface area contributed by atoms with Crippen LogP contribution in [-0.4, -0.2) is 13.1 Å². The summed E-state index contributed by atoms with van der Waals surface area (Å²) in [6, 6.07) is 19.8. The monoisotopic (exact) mass is 251 g/mol. The van der Waals surface area contributed by atoms with Gasteiger partial charge in [-0.3, -0.25) is 0 Å². The number of hydrogen-bond acceptors (Lipinski definition) is 1. The zero-order valence-corrected chi connectivity index (χ0v) is 11.5. The summed E-state index contributed by atoms with van der Waals surface area (Å²) >= 11 is 0. The maximum Gasteiger partial charge on any atom is 0.00331 e. The van der Waals surface area contributed by atoms with Crippen LogP contribution in [0.25, 0.3) is 0 Å². The molecule has 3 rings (SSSR count). The highest BCUT2D eigenvalue weighted by Gasteiger charge is 2.36. The topological polar surface area (TPSA) is 12.0 Å². The summed E-state index contributed by atoms with van der Waals surface area (Å²) in [6.45, 7) is 4.44. The summed E-state index contributed by atoms with van der Waals surface area (Å²) in [5, 5.41) is 3.46. The Labute approximate surface area is 115 Å². The van der Waals surface area contributed by atoms with E-state index in [0.717, 1.165) is 13.1 Å². The van der Waals surface area contributed by atoms with Gasteiger partial charge in [0, 0.05) is 18.5 Å². The Hall–Kier alpha value is -1.60. The van der Waals surface area contributed by atoms with Crippen molar-refractivity contribution in [2.24, 2.45) is 5.41 Å². The molecular formula is C18H21N. The van der Waals surface area contributed by atoms with Crippen LogP contribution in [0.2, 0.25) is 0 Å². The molecule has 2 aromatic carbocycles. The van der Waals surface area contributed by atoms with Crippen molar-refractivity contribution < 1.29 is 0 Å². The fraction of sp³-hybridized carbons (Fsp3) is 0.333. The average Bonchev–Trinajstić information content (AvgIpc) is 2.37. The second-order valence-corrected chi connectivity index (χ2v) is 5.93. The Kier molecular flexibility index (Phi) is 3.39. The summed E-state index contributed by atoms with van der Waals surface area (Å²) in [5.41, 5.74) is 4.70. The first-order valence-corrected chi connectivity index (χ1v) is 7.06. The van der Waals surface area contributed by atoms with Crippen molar-refractivity contribution in [3.63, 3.8) is 0 Å². The van der Waals surface area contributed by atoms with Crippen molar-refractivity contribution in [1.82, 2.24) is 5.32 Å². The predicted octanol–water partition coefficient (Wildman–Crippen LogP) is 3.37. The summed E-state index contributed by atoms with van der Waals surface area (Å²) in [4.78, 5) is 0. The fourth-order valence-electron chi connectivity index (χ4n) is 3.08. The van der Waals surface area contributed by atoms with Crippen LogP contribution >= 0.6 is 0 Å². The van der Waals surface area contributed by atoms with Crippen LogP contribution in [0.5, 0.6) is 0 Å². The lowest BCUT2D eigenvalue weighted by Crippen LogP contribution is -2.56.